The number of likely N-dealkylation sites (tertiary alicyclic amines) is 1. The Hall–Kier alpha value is -0.780. The Kier molecular flexibility index (Phi) is 4.43. The molecular weight excluding hydrogens is 332 g/mol. The van der Waals surface area contributed by atoms with Gasteiger partial charge < -0.3 is 15.2 Å². The van der Waals surface area contributed by atoms with Gasteiger partial charge in [-0.2, -0.15) is 0 Å². The Balaban J connectivity index is 1.74. The van der Waals surface area contributed by atoms with E-state index in [0.717, 1.165) is 35.0 Å². The Bertz CT molecular complexity index is 523. The lowest BCUT2D eigenvalue weighted by atomic mass is 9.98. The van der Waals surface area contributed by atoms with Crippen molar-refractivity contribution in [3.05, 3.63) is 22.2 Å². The van der Waals surface area contributed by atoms with Crippen molar-refractivity contribution < 1.29 is 9.47 Å². The van der Waals surface area contributed by atoms with E-state index in [9.17, 15) is 0 Å². The summed E-state index contributed by atoms with van der Waals surface area (Å²) in [5, 5.41) is 0. The number of halogens is 1. The van der Waals surface area contributed by atoms with Gasteiger partial charge in [0.15, 0.2) is 11.5 Å². The van der Waals surface area contributed by atoms with Crippen LogP contribution in [0.1, 0.15) is 18.4 Å². The van der Waals surface area contributed by atoms with Crippen molar-refractivity contribution in [1.82, 2.24) is 4.90 Å². The minimum atomic E-state index is 0.397. The number of nitrogens with zero attached hydrogens (tertiary/aromatic N) is 1. The fourth-order valence-corrected chi connectivity index (χ4v) is 4.23. The molecule has 1 aromatic carbocycles. The number of nitrogens with two attached hydrogens (primary N) is 1. The number of benzene rings is 1. The Morgan fingerprint density at radius 3 is 2.57 bits per heavy atom. The number of methoxy groups -OCH3 is 2. The van der Waals surface area contributed by atoms with Gasteiger partial charge in [-0.05, 0) is 42.4 Å². The number of rotatable bonds is 4. The molecular formula is C16H23BrN2O2. The second-order valence-corrected chi connectivity index (χ2v) is 7.01. The Morgan fingerprint density at radius 2 is 1.90 bits per heavy atom. The van der Waals surface area contributed by atoms with Crippen molar-refractivity contribution in [2.75, 3.05) is 27.3 Å². The molecule has 0 aromatic heterocycles. The summed E-state index contributed by atoms with van der Waals surface area (Å²) in [6.45, 7) is 3.21. The third-order valence-corrected chi connectivity index (χ3v) is 5.67. The largest absolute Gasteiger partial charge is 0.493 e. The molecule has 1 heterocycles. The quantitative estimate of drug-likeness (QED) is 0.902. The first-order valence-corrected chi connectivity index (χ1v) is 8.30. The van der Waals surface area contributed by atoms with E-state index in [-0.39, 0.29) is 0 Å². The van der Waals surface area contributed by atoms with Crippen molar-refractivity contribution in [2.24, 2.45) is 17.6 Å². The number of hydrogen-bond donors (Lipinski definition) is 1. The maximum absolute atomic E-state index is 6.22. The second kappa shape index (κ2) is 6.15. The summed E-state index contributed by atoms with van der Waals surface area (Å²) in [4.78, 5) is 2.51. The summed E-state index contributed by atoms with van der Waals surface area (Å²) >= 11 is 3.64. The van der Waals surface area contributed by atoms with Gasteiger partial charge in [0.25, 0.3) is 0 Å². The van der Waals surface area contributed by atoms with Gasteiger partial charge in [-0.3, -0.25) is 4.90 Å². The summed E-state index contributed by atoms with van der Waals surface area (Å²) < 4.78 is 11.8. The average Bonchev–Trinajstić information content (AvgIpc) is 3.03. The fraction of sp³-hybridized carbons (Fsp3) is 0.625. The van der Waals surface area contributed by atoms with Crippen molar-refractivity contribution in [3.63, 3.8) is 0 Å². The highest BCUT2D eigenvalue weighted by atomic mass is 79.9. The van der Waals surface area contributed by atoms with E-state index in [0.29, 0.717) is 12.0 Å². The van der Waals surface area contributed by atoms with Crippen LogP contribution in [-0.2, 0) is 6.54 Å². The molecule has 1 aliphatic carbocycles. The molecule has 2 fully saturated rings. The summed E-state index contributed by atoms with van der Waals surface area (Å²) in [5.41, 5.74) is 7.45. The van der Waals surface area contributed by atoms with Crippen LogP contribution in [0.25, 0.3) is 0 Å². The zero-order valence-electron chi connectivity index (χ0n) is 12.6. The smallest absolute Gasteiger partial charge is 0.161 e. The summed E-state index contributed by atoms with van der Waals surface area (Å²) in [6.07, 6.45) is 2.48. The topological polar surface area (TPSA) is 47.7 Å². The van der Waals surface area contributed by atoms with Gasteiger partial charge in [0, 0.05) is 30.1 Å². The van der Waals surface area contributed by atoms with Crippen LogP contribution in [0.3, 0.4) is 0 Å². The van der Waals surface area contributed by atoms with E-state index in [1.165, 1.54) is 24.9 Å². The first-order valence-electron chi connectivity index (χ1n) is 7.50. The van der Waals surface area contributed by atoms with Crippen molar-refractivity contribution in [3.8, 4) is 11.5 Å². The molecule has 2 N–H and O–H groups in total. The van der Waals surface area contributed by atoms with Crippen LogP contribution in [0.15, 0.2) is 16.6 Å². The normalized spacial score (nSPS) is 28.7. The Morgan fingerprint density at radius 1 is 1.19 bits per heavy atom. The Labute approximate surface area is 134 Å². The first-order chi connectivity index (χ1) is 10.1. The average molecular weight is 355 g/mol. The molecule has 0 amide bonds. The lowest BCUT2D eigenvalue weighted by Crippen LogP contribution is -2.30. The van der Waals surface area contributed by atoms with Gasteiger partial charge >= 0.3 is 0 Å². The predicted octanol–water partition coefficient (Wildman–Crippen LogP) is 2.64. The molecule has 0 spiro atoms. The molecule has 1 saturated carbocycles. The van der Waals surface area contributed by atoms with E-state index < -0.39 is 0 Å². The third kappa shape index (κ3) is 2.91. The lowest BCUT2D eigenvalue weighted by Gasteiger charge is -2.20. The van der Waals surface area contributed by atoms with Crippen LogP contribution in [0.4, 0.5) is 0 Å². The maximum Gasteiger partial charge on any atom is 0.161 e. The molecule has 1 saturated heterocycles. The fourth-order valence-electron chi connectivity index (χ4n) is 3.79. The van der Waals surface area contributed by atoms with E-state index in [4.69, 9.17) is 15.2 Å². The van der Waals surface area contributed by atoms with Crippen molar-refractivity contribution in [2.45, 2.75) is 25.4 Å². The zero-order chi connectivity index (χ0) is 15.0. The highest BCUT2D eigenvalue weighted by molar-refractivity contribution is 9.10. The standard InChI is InChI=1S/C16H23BrN2O2/c1-20-15-5-11(13(17)6-16(15)21-2)8-19-7-10-3-4-14(18)12(10)9-19/h5-6,10,12,14H,3-4,7-9,18H2,1-2H3. The molecule has 3 atom stereocenters. The summed E-state index contributed by atoms with van der Waals surface area (Å²) in [7, 11) is 3.34. The molecule has 4 nitrogen and oxygen atoms in total. The van der Waals surface area contributed by atoms with Gasteiger partial charge in [-0.25, -0.2) is 0 Å². The number of ether oxygens (including phenoxy) is 2. The molecule has 5 heteroatoms. The monoisotopic (exact) mass is 354 g/mol. The first kappa shape index (κ1) is 15.1. The molecule has 2 aliphatic rings. The van der Waals surface area contributed by atoms with Crippen LogP contribution in [-0.4, -0.2) is 38.3 Å². The zero-order valence-corrected chi connectivity index (χ0v) is 14.2. The van der Waals surface area contributed by atoms with Gasteiger partial charge in [0.1, 0.15) is 0 Å². The summed E-state index contributed by atoms with van der Waals surface area (Å²) in [5.74, 6) is 3.02. The molecule has 0 radical (unpaired) electrons. The van der Waals surface area contributed by atoms with Gasteiger partial charge in [0.2, 0.25) is 0 Å². The van der Waals surface area contributed by atoms with Crippen LogP contribution < -0.4 is 15.2 Å². The van der Waals surface area contributed by atoms with Crippen LogP contribution >= 0.6 is 15.9 Å². The third-order valence-electron chi connectivity index (χ3n) is 4.93. The summed E-state index contributed by atoms with van der Waals surface area (Å²) in [6, 6.07) is 4.45. The highest BCUT2D eigenvalue weighted by Crippen LogP contribution is 2.39. The minimum Gasteiger partial charge on any atom is -0.493 e. The van der Waals surface area contributed by atoms with E-state index >= 15 is 0 Å². The van der Waals surface area contributed by atoms with Crippen LogP contribution in [0, 0.1) is 11.8 Å². The van der Waals surface area contributed by atoms with Crippen LogP contribution in [0.5, 0.6) is 11.5 Å². The number of hydrogen-bond acceptors (Lipinski definition) is 4. The van der Waals surface area contributed by atoms with Gasteiger partial charge in [-0.1, -0.05) is 15.9 Å². The van der Waals surface area contributed by atoms with E-state index in [1.54, 1.807) is 14.2 Å². The molecule has 0 bridgehead atoms. The maximum atomic E-state index is 6.22. The molecule has 1 aromatic rings. The lowest BCUT2D eigenvalue weighted by molar-refractivity contribution is 0.296. The second-order valence-electron chi connectivity index (χ2n) is 6.16. The molecule has 1 aliphatic heterocycles. The van der Waals surface area contributed by atoms with Gasteiger partial charge in [0.05, 0.1) is 14.2 Å². The minimum absolute atomic E-state index is 0.397. The van der Waals surface area contributed by atoms with Crippen LogP contribution in [0.2, 0.25) is 0 Å². The van der Waals surface area contributed by atoms with Crippen molar-refractivity contribution in [1.29, 1.82) is 0 Å². The highest BCUT2D eigenvalue weighted by Gasteiger charge is 2.40. The molecule has 116 valence electrons. The van der Waals surface area contributed by atoms with E-state index in [2.05, 4.69) is 26.9 Å². The number of fused-ring (bicyclic) bond motifs is 1. The van der Waals surface area contributed by atoms with E-state index in [1.807, 2.05) is 6.07 Å². The van der Waals surface area contributed by atoms with Crippen molar-refractivity contribution >= 4 is 15.9 Å². The molecule has 3 unspecified atom stereocenters. The molecule has 21 heavy (non-hydrogen) atoms. The molecule has 3 rings (SSSR count). The van der Waals surface area contributed by atoms with Gasteiger partial charge in [-0.15, -0.1) is 0 Å². The predicted molar refractivity (Wildman–Crippen MR) is 86.7 cm³/mol. The SMILES string of the molecule is COc1cc(Br)c(CN2CC3CCC(N)C3C2)cc1OC.